The molecule has 1 heterocycles. The van der Waals surface area contributed by atoms with E-state index in [0.717, 1.165) is 12.8 Å². The summed E-state index contributed by atoms with van der Waals surface area (Å²) in [5.41, 5.74) is 0. The van der Waals surface area contributed by atoms with E-state index in [4.69, 9.17) is 19.0 Å². The van der Waals surface area contributed by atoms with Gasteiger partial charge in [-0.25, -0.2) is 0 Å². The monoisotopic (exact) mass is 304 g/mol. The van der Waals surface area contributed by atoms with Gasteiger partial charge in [0, 0.05) is 6.61 Å². The highest BCUT2D eigenvalue weighted by Crippen LogP contribution is 2.38. The Morgan fingerprint density at radius 2 is 1.70 bits per heavy atom. The van der Waals surface area contributed by atoms with Crippen LogP contribution in [-0.2, 0) is 13.9 Å². The van der Waals surface area contributed by atoms with Gasteiger partial charge in [0.15, 0.2) is 14.1 Å². The predicted molar refractivity (Wildman–Crippen MR) is 83.3 cm³/mol. The molecule has 0 radical (unpaired) electrons. The Bertz CT molecular complexity index is 309. The van der Waals surface area contributed by atoms with Crippen LogP contribution in [0.15, 0.2) is 0 Å². The molecule has 0 amide bonds. The lowest BCUT2D eigenvalue weighted by Crippen LogP contribution is -2.44. The molecule has 20 heavy (non-hydrogen) atoms. The molecule has 2 atom stereocenters. The van der Waals surface area contributed by atoms with Crippen molar-refractivity contribution in [2.45, 2.75) is 83.6 Å². The fraction of sp³-hybridized carbons (Fsp3) is 1.00. The summed E-state index contributed by atoms with van der Waals surface area (Å²) in [6, 6.07) is 0. The van der Waals surface area contributed by atoms with Gasteiger partial charge in [0.05, 0.1) is 12.7 Å². The predicted octanol–water partition coefficient (Wildman–Crippen LogP) is 3.30. The van der Waals surface area contributed by atoms with Gasteiger partial charge in [-0.15, -0.1) is 0 Å². The molecule has 1 N–H and O–H groups in total. The van der Waals surface area contributed by atoms with Gasteiger partial charge in [0.25, 0.3) is 0 Å². The normalized spacial score (nSPS) is 27.0. The van der Waals surface area contributed by atoms with E-state index >= 15 is 0 Å². The number of ether oxygens (including phenoxy) is 2. The van der Waals surface area contributed by atoms with Gasteiger partial charge in [0.2, 0.25) is 0 Å². The highest BCUT2D eigenvalue weighted by atomic mass is 28.4. The van der Waals surface area contributed by atoms with E-state index < -0.39 is 14.1 Å². The van der Waals surface area contributed by atoms with Crippen LogP contribution < -0.4 is 0 Å². The van der Waals surface area contributed by atoms with Crippen molar-refractivity contribution in [1.29, 1.82) is 0 Å². The van der Waals surface area contributed by atoms with Crippen LogP contribution >= 0.6 is 0 Å². The van der Waals surface area contributed by atoms with Crippen LogP contribution in [0.3, 0.4) is 0 Å². The Morgan fingerprint density at radius 3 is 2.20 bits per heavy atom. The van der Waals surface area contributed by atoms with E-state index in [0.29, 0.717) is 6.61 Å². The van der Waals surface area contributed by atoms with Gasteiger partial charge in [0.1, 0.15) is 6.10 Å². The highest BCUT2D eigenvalue weighted by Gasteiger charge is 2.43. The van der Waals surface area contributed by atoms with Crippen LogP contribution in [0, 0.1) is 0 Å². The van der Waals surface area contributed by atoms with Crippen LogP contribution in [-0.4, -0.2) is 44.6 Å². The summed E-state index contributed by atoms with van der Waals surface area (Å²) < 4.78 is 18.1. The molecule has 0 bridgehead atoms. The van der Waals surface area contributed by atoms with Crippen molar-refractivity contribution in [3.63, 3.8) is 0 Å². The second-order valence-corrected chi connectivity index (χ2v) is 12.5. The third-order valence-electron chi connectivity index (χ3n) is 4.35. The summed E-state index contributed by atoms with van der Waals surface area (Å²) in [5, 5.41) is 9.19. The van der Waals surface area contributed by atoms with Crippen molar-refractivity contribution < 1.29 is 19.0 Å². The lowest BCUT2D eigenvalue weighted by atomic mass is 10.1. The molecule has 0 aromatic rings. The molecule has 0 aromatic carbocycles. The summed E-state index contributed by atoms with van der Waals surface area (Å²) in [4.78, 5) is 0. The zero-order chi connectivity index (χ0) is 15.6. The van der Waals surface area contributed by atoms with E-state index in [-0.39, 0.29) is 23.9 Å². The molecule has 1 fully saturated rings. The second-order valence-electron chi connectivity index (χ2n) is 7.65. The van der Waals surface area contributed by atoms with Crippen LogP contribution in [0.25, 0.3) is 0 Å². The minimum absolute atomic E-state index is 0.0157. The Balaban J connectivity index is 2.60. The van der Waals surface area contributed by atoms with Gasteiger partial charge in [-0.2, -0.15) is 0 Å². The highest BCUT2D eigenvalue weighted by molar-refractivity contribution is 6.74. The molecule has 1 rings (SSSR count). The number of aliphatic hydroxyl groups is 1. The molecule has 1 aliphatic heterocycles. The SMILES string of the molecule is CC1(C)O[C@H](CCCO)[C@@H](CO[Si](C)(C)C(C)(C)C)O1. The van der Waals surface area contributed by atoms with Gasteiger partial charge in [-0.1, -0.05) is 20.8 Å². The Hall–Kier alpha value is 0.0569. The molecule has 1 aliphatic rings. The second kappa shape index (κ2) is 6.44. The number of hydrogen-bond acceptors (Lipinski definition) is 4. The molecule has 0 unspecified atom stereocenters. The van der Waals surface area contributed by atoms with Crippen molar-refractivity contribution in [1.82, 2.24) is 0 Å². The molecule has 0 spiro atoms. The minimum Gasteiger partial charge on any atom is -0.414 e. The Labute approximate surface area is 124 Å². The van der Waals surface area contributed by atoms with E-state index in [1.807, 2.05) is 13.8 Å². The van der Waals surface area contributed by atoms with Crippen molar-refractivity contribution in [2.75, 3.05) is 13.2 Å². The van der Waals surface area contributed by atoms with E-state index in [1.165, 1.54) is 0 Å². The van der Waals surface area contributed by atoms with Crippen molar-refractivity contribution in [3.8, 4) is 0 Å². The summed E-state index contributed by atoms with van der Waals surface area (Å²) in [6.45, 7) is 15.8. The Morgan fingerprint density at radius 1 is 1.15 bits per heavy atom. The van der Waals surface area contributed by atoms with E-state index in [2.05, 4.69) is 33.9 Å². The van der Waals surface area contributed by atoms with Crippen LogP contribution in [0.1, 0.15) is 47.5 Å². The lowest BCUT2D eigenvalue weighted by Gasteiger charge is -2.37. The standard InChI is InChI=1S/C15H32O4Si/c1-14(2,3)20(6,7)17-11-13-12(9-8-10-16)18-15(4,5)19-13/h12-13,16H,8-11H2,1-7H3/t12-,13-/m1/s1. The molecular weight excluding hydrogens is 272 g/mol. The van der Waals surface area contributed by atoms with Crippen LogP contribution in [0.5, 0.6) is 0 Å². The van der Waals surface area contributed by atoms with Crippen molar-refractivity contribution >= 4 is 8.32 Å². The smallest absolute Gasteiger partial charge is 0.192 e. The maximum absolute atomic E-state index is 8.99. The first-order chi connectivity index (χ1) is 8.98. The van der Waals surface area contributed by atoms with Crippen molar-refractivity contribution in [2.24, 2.45) is 0 Å². The lowest BCUT2D eigenvalue weighted by molar-refractivity contribution is -0.149. The van der Waals surface area contributed by atoms with Gasteiger partial charge < -0.3 is 19.0 Å². The van der Waals surface area contributed by atoms with Gasteiger partial charge in [-0.3, -0.25) is 0 Å². The van der Waals surface area contributed by atoms with Gasteiger partial charge >= 0.3 is 0 Å². The summed E-state index contributed by atoms with van der Waals surface area (Å²) in [5.74, 6) is -0.554. The molecule has 1 saturated heterocycles. The fourth-order valence-corrected chi connectivity index (χ4v) is 3.11. The average molecular weight is 305 g/mol. The molecule has 120 valence electrons. The minimum atomic E-state index is -1.76. The maximum Gasteiger partial charge on any atom is 0.192 e. The molecule has 0 aromatic heterocycles. The van der Waals surface area contributed by atoms with E-state index in [9.17, 15) is 0 Å². The maximum atomic E-state index is 8.99. The molecule has 5 heteroatoms. The van der Waals surface area contributed by atoms with Gasteiger partial charge in [-0.05, 0) is 44.8 Å². The Kier molecular flexibility index (Phi) is 5.83. The number of rotatable bonds is 6. The first-order valence-electron chi connectivity index (χ1n) is 7.59. The first kappa shape index (κ1) is 18.1. The molecule has 0 saturated carbocycles. The third kappa shape index (κ3) is 4.81. The van der Waals surface area contributed by atoms with Crippen LogP contribution in [0.4, 0.5) is 0 Å². The molecule has 4 nitrogen and oxygen atoms in total. The molecule has 0 aliphatic carbocycles. The van der Waals surface area contributed by atoms with Crippen LogP contribution in [0.2, 0.25) is 18.1 Å². The summed E-state index contributed by atoms with van der Waals surface area (Å²) >= 11 is 0. The zero-order valence-electron chi connectivity index (χ0n) is 14.2. The van der Waals surface area contributed by atoms with Crippen molar-refractivity contribution in [3.05, 3.63) is 0 Å². The summed E-state index contributed by atoms with van der Waals surface area (Å²) in [6.07, 6.45) is 1.53. The third-order valence-corrected chi connectivity index (χ3v) is 8.85. The quantitative estimate of drug-likeness (QED) is 0.765. The topological polar surface area (TPSA) is 47.9 Å². The largest absolute Gasteiger partial charge is 0.414 e. The summed E-state index contributed by atoms with van der Waals surface area (Å²) in [7, 11) is -1.76. The van der Waals surface area contributed by atoms with E-state index in [1.54, 1.807) is 0 Å². The first-order valence-corrected chi connectivity index (χ1v) is 10.5. The average Bonchev–Trinajstić information content (AvgIpc) is 2.57. The zero-order valence-corrected chi connectivity index (χ0v) is 15.2. The number of aliphatic hydroxyl groups excluding tert-OH is 1. The molecular formula is C15H32O4Si. The fourth-order valence-electron chi connectivity index (χ4n) is 2.09. The number of hydrogen-bond donors (Lipinski definition) is 1.